The van der Waals surface area contributed by atoms with Crippen LogP contribution in [0.25, 0.3) is 0 Å². The fourth-order valence-corrected chi connectivity index (χ4v) is 2.49. The standard InChI is InChI=1S/C21H21N3O4/c1-24(2)17-8-6-7-15(13-17)20(25)22-23-21(26)19-16(11-12-27-19)14-28-18-9-4-3-5-10-18/h3-13H,14H2,1-2H3,(H,22,25)(H,23,26). The number of hydrogen-bond donors (Lipinski definition) is 2. The van der Waals surface area contributed by atoms with E-state index >= 15 is 0 Å². The van der Waals surface area contributed by atoms with Gasteiger partial charge in [0.05, 0.1) is 6.26 Å². The maximum absolute atomic E-state index is 12.4. The van der Waals surface area contributed by atoms with Crippen LogP contribution in [0, 0.1) is 0 Å². The topological polar surface area (TPSA) is 83.8 Å². The Morgan fingerprint density at radius 2 is 1.71 bits per heavy atom. The molecule has 0 bridgehead atoms. The Morgan fingerprint density at radius 3 is 2.46 bits per heavy atom. The minimum absolute atomic E-state index is 0.0817. The van der Waals surface area contributed by atoms with E-state index in [1.54, 1.807) is 24.3 Å². The van der Waals surface area contributed by atoms with Crippen molar-refractivity contribution in [1.82, 2.24) is 10.9 Å². The second-order valence-electron chi connectivity index (χ2n) is 6.23. The SMILES string of the molecule is CN(C)c1cccc(C(=O)NNC(=O)c2occc2COc2ccccc2)c1. The Morgan fingerprint density at radius 1 is 0.964 bits per heavy atom. The maximum atomic E-state index is 12.4. The molecule has 0 saturated heterocycles. The molecule has 3 aromatic rings. The summed E-state index contributed by atoms with van der Waals surface area (Å²) in [5, 5.41) is 0. The molecule has 7 nitrogen and oxygen atoms in total. The van der Waals surface area contributed by atoms with Gasteiger partial charge in [-0.3, -0.25) is 20.4 Å². The highest BCUT2D eigenvalue weighted by Gasteiger charge is 2.17. The number of hydrazine groups is 1. The van der Waals surface area contributed by atoms with Gasteiger partial charge in [-0.15, -0.1) is 0 Å². The monoisotopic (exact) mass is 379 g/mol. The van der Waals surface area contributed by atoms with Gasteiger partial charge in [-0.2, -0.15) is 0 Å². The molecule has 1 aromatic heterocycles. The van der Waals surface area contributed by atoms with Gasteiger partial charge < -0.3 is 14.1 Å². The number of nitrogens with zero attached hydrogens (tertiary/aromatic N) is 1. The fraction of sp³-hybridized carbons (Fsp3) is 0.143. The molecule has 2 aromatic carbocycles. The van der Waals surface area contributed by atoms with Gasteiger partial charge in [-0.05, 0) is 36.4 Å². The van der Waals surface area contributed by atoms with Crippen LogP contribution in [0.2, 0.25) is 0 Å². The molecule has 28 heavy (non-hydrogen) atoms. The number of anilines is 1. The highest BCUT2D eigenvalue weighted by molar-refractivity contribution is 5.98. The molecule has 1 heterocycles. The van der Waals surface area contributed by atoms with Crippen LogP contribution in [0.4, 0.5) is 5.69 Å². The zero-order valence-corrected chi connectivity index (χ0v) is 15.6. The van der Waals surface area contributed by atoms with Crippen LogP contribution in [0.5, 0.6) is 5.75 Å². The largest absolute Gasteiger partial charge is 0.489 e. The summed E-state index contributed by atoms with van der Waals surface area (Å²) in [6.07, 6.45) is 1.40. The number of nitrogens with one attached hydrogen (secondary N) is 2. The lowest BCUT2D eigenvalue weighted by Gasteiger charge is -2.13. The first-order valence-electron chi connectivity index (χ1n) is 8.67. The van der Waals surface area contributed by atoms with Crippen LogP contribution < -0.4 is 20.5 Å². The highest BCUT2D eigenvalue weighted by atomic mass is 16.5. The van der Waals surface area contributed by atoms with Gasteiger partial charge in [0, 0.05) is 30.9 Å². The average Bonchev–Trinajstić information content (AvgIpc) is 3.20. The Labute approximate surface area is 162 Å². The predicted octanol–water partition coefficient (Wildman–Crippen LogP) is 3.00. The molecule has 144 valence electrons. The van der Waals surface area contributed by atoms with Gasteiger partial charge in [0.25, 0.3) is 5.91 Å². The molecule has 2 amide bonds. The van der Waals surface area contributed by atoms with Crippen molar-refractivity contribution in [1.29, 1.82) is 0 Å². The number of rotatable bonds is 6. The van der Waals surface area contributed by atoms with Crippen molar-refractivity contribution < 1.29 is 18.7 Å². The van der Waals surface area contributed by atoms with Gasteiger partial charge >= 0.3 is 5.91 Å². The molecule has 0 fully saturated rings. The van der Waals surface area contributed by atoms with E-state index in [-0.39, 0.29) is 12.4 Å². The van der Waals surface area contributed by atoms with E-state index in [0.717, 1.165) is 5.69 Å². The van der Waals surface area contributed by atoms with E-state index in [1.807, 2.05) is 55.4 Å². The van der Waals surface area contributed by atoms with Crippen molar-refractivity contribution in [3.8, 4) is 5.75 Å². The molecule has 7 heteroatoms. The first-order chi connectivity index (χ1) is 13.5. The van der Waals surface area contributed by atoms with E-state index in [2.05, 4.69) is 10.9 Å². The molecule has 0 aliphatic heterocycles. The summed E-state index contributed by atoms with van der Waals surface area (Å²) in [5.41, 5.74) is 6.65. The van der Waals surface area contributed by atoms with Crippen molar-refractivity contribution in [3.63, 3.8) is 0 Å². The normalized spacial score (nSPS) is 10.2. The molecular formula is C21H21N3O4. The van der Waals surface area contributed by atoms with Gasteiger partial charge in [0.1, 0.15) is 12.4 Å². The van der Waals surface area contributed by atoms with E-state index in [1.165, 1.54) is 6.26 Å². The van der Waals surface area contributed by atoms with E-state index in [9.17, 15) is 9.59 Å². The lowest BCUT2D eigenvalue weighted by atomic mass is 10.2. The zero-order valence-electron chi connectivity index (χ0n) is 15.6. The van der Waals surface area contributed by atoms with Crippen LogP contribution in [-0.2, 0) is 6.61 Å². The number of ether oxygens (including phenoxy) is 1. The summed E-state index contributed by atoms with van der Waals surface area (Å²) in [4.78, 5) is 26.5. The molecule has 2 N–H and O–H groups in total. The molecular weight excluding hydrogens is 358 g/mol. The minimum atomic E-state index is -0.561. The van der Waals surface area contributed by atoms with Crippen LogP contribution in [0.3, 0.4) is 0 Å². The van der Waals surface area contributed by atoms with E-state index in [0.29, 0.717) is 16.9 Å². The maximum Gasteiger partial charge on any atom is 0.305 e. The Hall–Kier alpha value is -3.74. The van der Waals surface area contributed by atoms with Gasteiger partial charge in [-0.1, -0.05) is 24.3 Å². The number of carbonyl (C=O) groups excluding carboxylic acids is 2. The van der Waals surface area contributed by atoms with Crippen LogP contribution in [-0.4, -0.2) is 25.9 Å². The number of benzene rings is 2. The summed E-state index contributed by atoms with van der Waals surface area (Å²) in [6, 6.07) is 18.0. The van der Waals surface area contributed by atoms with Crippen molar-refractivity contribution in [2.24, 2.45) is 0 Å². The minimum Gasteiger partial charge on any atom is -0.489 e. The second-order valence-corrected chi connectivity index (χ2v) is 6.23. The van der Waals surface area contributed by atoms with Crippen LogP contribution in [0.1, 0.15) is 26.5 Å². The van der Waals surface area contributed by atoms with Crippen molar-refractivity contribution in [2.75, 3.05) is 19.0 Å². The zero-order chi connectivity index (χ0) is 19.9. The molecule has 0 spiro atoms. The van der Waals surface area contributed by atoms with Gasteiger partial charge in [0.15, 0.2) is 5.76 Å². The number of hydrogen-bond acceptors (Lipinski definition) is 5. The molecule has 0 unspecified atom stereocenters. The second kappa shape index (κ2) is 8.77. The summed E-state index contributed by atoms with van der Waals surface area (Å²) in [7, 11) is 3.77. The first kappa shape index (κ1) is 19.0. The fourth-order valence-electron chi connectivity index (χ4n) is 2.49. The molecule has 0 aliphatic carbocycles. The molecule has 0 radical (unpaired) electrons. The third-order valence-electron chi connectivity index (χ3n) is 4.00. The van der Waals surface area contributed by atoms with E-state index < -0.39 is 11.8 Å². The highest BCUT2D eigenvalue weighted by Crippen LogP contribution is 2.16. The molecule has 0 atom stereocenters. The van der Waals surface area contributed by atoms with E-state index in [4.69, 9.17) is 9.15 Å². The van der Waals surface area contributed by atoms with Crippen molar-refractivity contribution >= 4 is 17.5 Å². The summed E-state index contributed by atoms with van der Waals surface area (Å²) in [5.74, 6) is -0.220. The third kappa shape index (κ3) is 4.70. The average molecular weight is 379 g/mol. The Bertz CT molecular complexity index is 951. The smallest absolute Gasteiger partial charge is 0.305 e. The lowest BCUT2D eigenvalue weighted by Crippen LogP contribution is -2.41. The Kier molecular flexibility index (Phi) is 5.96. The van der Waals surface area contributed by atoms with Crippen LogP contribution >= 0.6 is 0 Å². The number of furan rings is 1. The predicted molar refractivity (Wildman–Crippen MR) is 105 cm³/mol. The summed E-state index contributed by atoms with van der Waals surface area (Å²) < 4.78 is 10.9. The third-order valence-corrected chi connectivity index (χ3v) is 4.00. The number of carbonyl (C=O) groups is 2. The summed E-state index contributed by atoms with van der Waals surface area (Å²) >= 11 is 0. The molecule has 0 aliphatic rings. The molecule has 0 saturated carbocycles. The van der Waals surface area contributed by atoms with Gasteiger partial charge in [-0.25, -0.2) is 0 Å². The Balaban J connectivity index is 1.59. The van der Waals surface area contributed by atoms with Crippen molar-refractivity contribution in [2.45, 2.75) is 6.61 Å². The summed E-state index contributed by atoms with van der Waals surface area (Å²) in [6.45, 7) is 0.169. The molecule has 3 rings (SSSR count). The van der Waals surface area contributed by atoms with Crippen molar-refractivity contribution in [3.05, 3.63) is 83.8 Å². The lowest BCUT2D eigenvalue weighted by molar-refractivity contribution is 0.0829. The number of amides is 2. The quantitative estimate of drug-likeness (QED) is 0.643. The number of para-hydroxylation sites is 1. The van der Waals surface area contributed by atoms with Crippen LogP contribution in [0.15, 0.2) is 71.3 Å². The van der Waals surface area contributed by atoms with Gasteiger partial charge in [0.2, 0.25) is 0 Å². The first-order valence-corrected chi connectivity index (χ1v) is 8.67.